The Bertz CT molecular complexity index is 496. The lowest BCUT2D eigenvalue weighted by molar-refractivity contribution is -0.131. The number of benzene rings is 1. The molecule has 1 fully saturated rings. The van der Waals surface area contributed by atoms with E-state index >= 15 is 0 Å². The number of hydrogen-bond acceptors (Lipinski definition) is 3. The summed E-state index contributed by atoms with van der Waals surface area (Å²) in [4.78, 5) is 25.1. The van der Waals surface area contributed by atoms with Crippen LogP contribution in [-0.2, 0) is 16.1 Å². The van der Waals surface area contributed by atoms with Crippen molar-refractivity contribution in [1.29, 1.82) is 0 Å². The van der Waals surface area contributed by atoms with Gasteiger partial charge in [-0.05, 0) is 30.9 Å². The lowest BCUT2D eigenvalue weighted by Crippen LogP contribution is -2.41. The van der Waals surface area contributed by atoms with Crippen molar-refractivity contribution in [3.8, 4) is 0 Å². The predicted octanol–water partition coefficient (Wildman–Crippen LogP) is 1.75. The van der Waals surface area contributed by atoms with Crippen LogP contribution in [-0.4, -0.2) is 36.3 Å². The summed E-state index contributed by atoms with van der Waals surface area (Å²) < 4.78 is 0. The molecule has 0 unspecified atom stereocenters. The average molecular weight is 289 g/mol. The number of nitrogens with one attached hydrogen (secondary N) is 2. The van der Waals surface area contributed by atoms with E-state index in [-0.39, 0.29) is 11.8 Å². The van der Waals surface area contributed by atoms with Gasteiger partial charge < -0.3 is 15.5 Å². The summed E-state index contributed by atoms with van der Waals surface area (Å²) in [6, 6.07) is 7.62. The van der Waals surface area contributed by atoms with E-state index in [1.165, 1.54) is 13.3 Å². The van der Waals surface area contributed by atoms with Gasteiger partial charge >= 0.3 is 0 Å². The summed E-state index contributed by atoms with van der Waals surface area (Å²) in [5.41, 5.74) is 1.78. The van der Waals surface area contributed by atoms with Gasteiger partial charge in [0.15, 0.2) is 0 Å². The molecule has 5 nitrogen and oxygen atoms in total. The van der Waals surface area contributed by atoms with Gasteiger partial charge in [-0.15, -0.1) is 0 Å². The number of anilines is 1. The van der Waals surface area contributed by atoms with E-state index in [4.69, 9.17) is 0 Å². The zero-order chi connectivity index (χ0) is 15.1. The molecule has 0 bridgehead atoms. The summed E-state index contributed by atoms with van der Waals surface area (Å²) in [7, 11) is 0. The molecule has 0 atom stereocenters. The fraction of sp³-hybridized carbons (Fsp3) is 0.500. The molecule has 1 aromatic carbocycles. The Morgan fingerprint density at radius 2 is 1.86 bits per heavy atom. The highest BCUT2D eigenvalue weighted by molar-refractivity contribution is 5.89. The van der Waals surface area contributed by atoms with Crippen molar-refractivity contribution in [3.63, 3.8) is 0 Å². The summed E-state index contributed by atoms with van der Waals surface area (Å²) in [6.07, 6.45) is 3.44. The van der Waals surface area contributed by atoms with Crippen molar-refractivity contribution in [1.82, 2.24) is 10.2 Å². The Kier molecular flexibility index (Phi) is 5.75. The van der Waals surface area contributed by atoms with Gasteiger partial charge in [-0.1, -0.05) is 18.2 Å². The van der Waals surface area contributed by atoms with Crippen LogP contribution in [0.15, 0.2) is 24.3 Å². The van der Waals surface area contributed by atoms with Gasteiger partial charge in [0.25, 0.3) is 0 Å². The zero-order valence-corrected chi connectivity index (χ0v) is 12.5. The number of carbonyl (C=O) groups excluding carboxylic acids is 2. The SMILES string of the molecule is CC(=O)Nc1ccccc1CNCC(=O)N1CCCCC1. The molecular weight excluding hydrogens is 266 g/mol. The van der Waals surface area contributed by atoms with Crippen molar-refractivity contribution in [3.05, 3.63) is 29.8 Å². The van der Waals surface area contributed by atoms with Crippen LogP contribution in [0.25, 0.3) is 0 Å². The molecule has 0 spiro atoms. The van der Waals surface area contributed by atoms with Gasteiger partial charge in [0.1, 0.15) is 0 Å². The average Bonchev–Trinajstić information content (AvgIpc) is 2.49. The first kappa shape index (κ1) is 15.5. The Morgan fingerprint density at radius 3 is 2.57 bits per heavy atom. The molecule has 0 radical (unpaired) electrons. The van der Waals surface area contributed by atoms with Crippen LogP contribution in [0.5, 0.6) is 0 Å². The summed E-state index contributed by atoms with van der Waals surface area (Å²) in [6.45, 7) is 4.15. The number of hydrogen-bond donors (Lipinski definition) is 2. The molecule has 0 aliphatic carbocycles. The van der Waals surface area contributed by atoms with Crippen LogP contribution in [0.2, 0.25) is 0 Å². The maximum Gasteiger partial charge on any atom is 0.236 e. The Morgan fingerprint density at radius 1 is 1.14 bits per heavy atom. The van der Waals surface area contributed by atoms with Crippen molar-refractivity contribution >= 4 is 17.5 Å². The van der Waals surface area contributed by atoms with Crippen molar-refractivity contribution in [2.24, 2.45) is 0 Å². The first-order chi connectivity index (χ1) is 10.2. The Labute approximate surface area is 125 Å². The van der Waals surface area contributed by atoms with Crippen LogP contribution in [0.1, 0.15) is 31.7 Å². The van der Waals surface area contributed by atoms with Crippen molar-refractivity contribution in [2.45, 2.75) is 32.7 Å². The quantitative estimate of drug-likeness (QED) is 0.868. The van der Waals surface area contributed by atoms with E-state index in [1.54, 1.807) is 0 Å². The Hall–Kier alpha value is -1.88. The molecule has 21 heavy (non-hydrogen) atoms. The third-order valence-corrected chi connectivity index (χ3v) is 3.63. The molecule has 1 saturated heterocycles. The minimum Gasteiger partial charge on any atom is -0.342 e. The normalized spacial score (nSPS) is 14.8. The molecule has 1 heterocycles. The standard InChI is InChI=1S/C16H23N3O2/c1-13(20)18-15-8-4-3-7-14(15)11-17-12-16(21)19-9-5-2-6-10-19/h3-4,7-8,17H,2,5-6,9-12H2,1H3,(H,18,20). The third-order valence-electron chi connectivity index (χ3n) is 3.63. The van der Waals surface area contributed by atoms with Gasteiger partial charge in [-0.3, -0.25) is 9.59 Å². The van der Waals surface area contributed by atoms with E-state index < -0.39 is 0 Å². The highest BCUT2D eigenvalue weighted by atomic mass is 16.2. The minimum absolute atomic E-state index is 0.0909. The Balaban J connectivity index is 1.82. The lowest BCUT2D eigenvalue weighted by atomic mass is 10.1. The monoisotopic (exact) mass is 289 g/mol. The van der Waals surface area contributed by atoms with E-state index in [0.29, 0.717) is 13.1 Å². The fourth-order valence-corrected chi connectivity index (χ4v) is 2.55. The third kappa shape index (κ3) is 4.86. The first-order valence-electron chi connectivity index (χ1n) is 7.51. The van der Waals surface area contributed by atoms with E-state index in [1.807, 2.05) is 29.2 Å². The molecule has 1 aromatic rings. The maximum atomic E-state index is 12.0. The second kappa shape index (κ2) is 7.78. The fourth-order valence-electron chi connectivity index (χ4n) is 2.55. The molecule has 0 aromatic heterocycles. The zero-order valence-electron chi connectivity index (χ0n) is 12.5. The minimum atomic E-state index is -0.0909. The number of para-hydroxylation sites is 1. The van der Waals surface area contributed by atoms with Crippen molar-refractivity contribution < 1.29 is 9.59 Å². The number of piperidine rings is 1. The van der Waals surface area contributed by atoms with E-state index in [9.17, 15) is 9.59 Å². The second-order valence-corrected chi connectivity index (χ2v) is 5.38. The highest BCUT2D eigenvalue weighted by Crippen LogP contribution is 2.14. The molecule has 1 aliphatic rings. The largest absolute Gasteiger partial charge is 0.342 e. The first-order valence-corrected chi connectivity index (χ1v) is 7.51. The topological polar surface area (TPSA) is 61.4 Å². The van der Waals surface area contributed by atoms with Crippen LogP contribution in [0.4, 0.5) is 5.69 Å². The van der Waals surface area contributed by atoms with E-state index in [2.05, 4.69) is 10.6 Å². The van der Waals surface area contributed by atoms with Gasteiger partial charge in [-0.2, -0.15) is 0 Å². The molecule has 2 N–H and O–H groups in total. The summed E-state index contributed by atoms with van der Waals surface area (Å²) in [5.74, 6) is 0.0681. The van der Waals surface area contributed by atoms with Gasteiger partial charge in [0, 0.05) is 32.2 Å². The molecule has 2 amide bonds. The van der Waals surface area contributed by atoms with Crippen LogP contribution in [0.3, 0.4) is 0 Å². The van der Waals surface area contributed by atoms with Crippen LogP contribution in [0, 0.1) is 0 Å². The number of rotatable bonds is 5. The molecule has 2 rings (SSSR count). The molecule has 5 heteroatoms. The van der Waals surface area contributed by atoms with Gasteiger partial charge in [0.05, 0.1) is 6.54 Å². The molecule has 0 saturated carbocycles. The second-order valence-electron chi connectivity index (χ2n) is 5.38. The predicted molar refractivity (Wildman–Crippen MR) is 82.9 cm³/mol. The molecule has 1 aliphatic heterocycles. The van der Waals surface area contributed by atoms with Crippen molar-refractivity contribution in [2.75, 3.05) is 25.0 Å². The summed E-state index contributed by atoms with van der Waals surface area (Å²) >= 11 is 0. The number of likely N-dealkylation sites (tertiary alicyclic amines) is 1. The number of carbonyl (C=O) groups is 2. The van der Waals surface area contributed by atoms with Gasteiger partial charge in [-0.25, -0.2) is 0 Å². The smallest absolute Gasteiger partial charge is 0.236 e. The lowest BCUT2D eigenvalue weighted by Gasteiger charge is -2.26. The van der Waals surface area contributed by atoms with Crippen LogP contribution >= 0.6 is 0 Å². The molecule has 114 valence electrons. The number of nitrogens with zero attached hydrogens (tertiary/aromatic N) is 1. The molecular formula is C16H23N3O2. The van der Waals surface area contributed by atoms with Crippen LogP contribution < -0.4 is 10.6 Å². The maximum absolute atomic E-state index is 12.0. The number of amides is 2. The summed E-state index contributed by atoms with van der Waals surface area (Å²) in [5, 5.41) is 5.97. The highest BCUT2D eigenvalue weighted by Gasteiger charge is 2.15. The van der Waals surface area contributed by atoms with Gasteiger partial charge in [0.2, 0.25) is 11.8 Å². The van der Waals surface area contributed by atoms with E-state index in [0.717, 1.165) is 37.2 Å².